The third-order valence-electron chi connectivity index (χ3n) is 14.4. The quantitative estimate of drug-likeness (QED) is 0.0332. The van der Waals surface area contributed by atoms with E-state index in [0.29, 0.717) is 40.2 Å². The minimum absolute atomic E-state index is 0. The van der Waals surface area contributed by atoms with Crippen molar-refractivity contribution in [1.82, 2.24) is 0 Å². The summed E-state index contributed by atoms with van der Waals surface area (Å²) in [4.78, 5) is 11.8. The fourth-order valence-electron chi connectivity index (χ4n) is 9.53. The molecule has 3 aromatic carbocycles. The van der Waals surface area contributed by atoms with Gasteiger partial charge in [0.25, 0.3) is 0 Å². The van der Waals surface area contributed by atoms with Crippen molar-refractivity contribution in [3.05, 3.63) is 82.4 Å². The van der Waals surface area contributed by atoms with Crippen molar-refractivity contribution in [2.75, 3.05) is 27.9 Å². The second-order valence-corrected chi connectivity index (χ2v) is 26.9. The van der Waals surface area contributed by atoms with Crippen molar-refractivity contribution in [2.24, 2.45) is 29.6 Å². The monoisotopic (exact) mass is 1500 g/mol. The highest BCUT2D eigenvalue weighted by atomic mass is 128. The number of terminal acetylenes is 1. The maximum absolute atomic E-state index is 12.7. The van der Waals surface area contributed by atoms with Crippen LogP contribution in [0.3, 0.4) is 0 Å². The summed E-state index contributed by atoms with van der Waals surface area (Å²) >= 11 is 4.24. The number of hydrogen-bond acceptors (Lipinski definition) is 15. The first-order valence-corrected chi connectivity index (χ1v) is 36.7. The highest BCUT2D eigenvalue weighted by Gasteiger charge is 2.50. The Morgan fingerprint density at radius 1 is 0.675 bits per heavy atom. The van der Waals surface area contributed by atoms with E-state index in [-0.39, 0.29) is 85.5 Å². The first-order valence-electron chi connectivity index (χ1n) is 25.5. The Balaban J connectivity index is 0.000000589. The van der Waals surface area contributed by atoms with E-state index in [1.165, 1.54) is 33.3 Å². The molecule has 0 aliphatic carbocycles. The van der Waals surface area contributed by atoms with Crippen molar-refractivity contribution >= 4 is 85.4 Å². The lowest BCUT2D eigenvalue weighted by Crippen LogP contribution is -2.55. The Bertz CT molecular complexity index is 2640. The van der Waals surface area contributed by atoms with Gasteiger partial charge in [-0.25, -0.2) is 0 Å². The number of halogens is 6. The van der Waals surface area contributed by atoms with E-state index in [4.69, 9.17) is 39.6 Å². The molecule has 452 valence electrons. The van der Waals surface area contributed by atoms with Crippen LogP contribution in [0.1, 0.15) is 122 Å². The van der Waals surface area contributed by atoms with Crippen molar-refractivity contribution < 1.29 is 84.2 Å². The molecule has 0 amide bonds. The van der Waals surface area contributed by atoms with E-state index in [2.05, 4.69) is 113 Å². The molecule has 15 atom stereocenters. The normalized spacial score (nSPS) is 28.1. The average Bonchev–Trinajstić information content (AvgIpc) is 3.40. The van der Waals surface area contributed by atoms with Gasteiger partial charge in [-0.2, -0.15) is 21.6 Å². The number of alkyl halides is 3. The lowest BCUT2D eigenvalue weighted by molar-refractivity contribution is -0.231. The first-order chi connectivity index (χ1) is 36.5. The lowest BCUT2D eigenvalue weighted by Gasteiger charge is -2.44. The van der Waals surface area contributed by atoms with Crippen LogP contribution in [-0.4, -0.2) is 119 Å². The standard InChI is InChI=1S/C23H34O4Si.C18H25F3O5S.C15H18O6.CH4.I2.HI/c1-9-20-15(2)16(3)22(26-17(4)24)23(27-20)19-10-11-21(25-5)18(14-19)12-13-28(6,7)8;1-6-14-11(3)10(2)12(4)17(25-14)13-7-8-15(24-5)16(9-13)26-27(22,23)18(19,20)21;1-3-8-6-9(4-5-10(8)20-2)15-14(19)13(18)12(17)11(7-16)21-15;;1-2;/h10-11,14-16,20,22-23H,9H2,1-8H3;7-12,14,17H,6H2,1-5H3;1,4-6,11-19H,7H2,2H3;1H4;;1H/t15-,16-,20+,22-,23+;10-,11-,12-,14+,17-;11-,12-,13+,14+,15-;;;/m001.../s1. The van der Waals surface area contributed by atoms with Crippen LogP contribution < -0.4 is 18.4 Å². The topological polar surface area (TPSA) is 206 Å². The summed E-state index contributed by atoms with van der Waals surface area (Å²) in [5, 5.41) is 38.8. The Labute approximate surface area is 513 Å². The molecule has 0 unspecified atom stereocenters. The third-order valence-corrected chi connectivity index (χ3v) is 16.3. The highest BCUT2D eigenvalue weighted by Crippen LogP contribution is 2.46. The number of carbonyl (C=O) groups is 1. The molecule has 3 aliphatic rings. The zero-order valence-corrected chi connectivity index (χ0v) is 55.5. The van der Waals surface area contributed by atoms with Crippen LogP contribution in [0.2, 0.25) is 19.6 Å². The molecule has 0 aromatic heterocycles. The number of rotatable bonds is 12. The zero-order valence-electron chi connectivity index (χ0n) is 47.0. The second-order valence-electron chi connectivity index (χ2n) is 20.6. The van der Waals surface area contributed by atoms with E-state index in [9.17, 15) is 46.8 Å². The summed E-state index contributed by atoms with van der Waals surface area (Å²) in [5.41, 5.74) is 1.26. The number of aliphatic hydroxyl groups excluding tert-OH is 4. The summed E-state index contributed by atoms with van der Waals surface area (Å²) in [6.45, 7) is 22.3. The van der Waals surface area contributed by atoms with Crippen molar-refractivity contribution in [3.63, 3.8) is 0 Å². The number of methoxy groups -OCH3 is 3. The minimum atomic E-state index is -5.80. The molecule has 3 aliphatic heterocycles. The van der Waals surface area contributed by atoms with Gasteiger partial charge in [-0.1, -0.05) is 106 Å². The summed E-state index contributed by atoms with van der Waals surface area (Å²) in [6.07, 6.45) is 0.259. The van der Waals surface area contributed by atoms with Crippen LogP contribution >= 0.6 is 61.2 Å². The molecule has 15 nitrogen and oxygen atoms in total. The first kappa shape index (κ1) is 75.3. The van der Waals surface area contributed by atoms with Gasteiger partial charge in [-0.3, -0.25) is 4.79 Å². The molecule has 23 heteroatoms. The van der Waals surface area contributed by atoms with E-state index < -0.39 is 66.6 Å². The zero-order chi connectivity index (χ0) is 59.2. The van der Waals surface area contributed by atoms with Gasteiger partial charge in [-0.15, -0.1) is 35.9 Å². The van der Waals surface area contributed by atoms with Gasteiger partial charge < -0.3 is 57.8 Å². The number of hydrogen-bond donors (Lipinski definition) is 4. The molecule has 3 saturated heterocycles. The fourth-order valence-corrected chi connectivity index (χ4v) is 10.5. The molecule has 4 N–H and O–H groups in total. The SMILES string of the molecule is C.C#Cc1cc([C@H]2O[C@H](CO)[C@@H](O)[C@H](O)[C@@H]2O)ccc1OC.CC[C@H]1O[C@H](c2ccc(OC)c(C#C[Si](C)(C)C)c2)[C@@H](OC(C)=O)[C@@H](C)[C@@H]1C.CC[C@H]1O[C@H](c2ccc(OC)c(OS(=O)(=O)C(F)(F)F)c2)[C@@H](C)[C@@H](C)[C@@H]1C.I.II. The van der Waals surface area contributed by atoms with E-state index >= 15 is 0 Å². The average molecular weight is 1510 g/mol. The Morgan fingerprint density at radius 2 is 1.12 bits per heavy atom. The highest BCUT2D eigenvalue weighted by molar-refractivity contribution is 15.0. The Hall–Kier alpha value is -2.68. The van der Waals surface area contributed by atoms with Gasteiger partial charge >= 0.3 is 21.6 Å². The predicted octanol–water partition coefficient (Wildman–Crippen LogP) is 11.9. The predicted molar refractivity (Wildman–Crippen MR) is 333 cm³/mol. The molecule has 3 fully saturated rings. The molecule has 0 saturated carbocycles. The fraction of sp³-hybridized carbons (Fsp3) is 0.596. The Kier molecular flexibility index (Phi) is 31.7. The number of esters is 1. The van der Waals surface area contributed by atoms with Crippen LogP contribution in [0.5, 0.6) is 23.0 Å². The molecule has 80 heavy (non-hydrogen) atoms. The molecule has 0 spiro atoms. The Morgan fingerprint density at radius 3 is 1.59 bits per heavy atom. The number of ether oxygens (including phenoxy) is 7. The van der Waals surface area contributed by atoms with Gasteiger partial charge in [0.2, 0.25) is 0 Å². The van der Waals surface area contributed by atoms with Gasteiger partial charge in [0, 0.05) is 50.1 Å². The van der Waals surface area contributed by atoms with Crippen molar-refractivity contribution in [3.8, 4) is 46.8 Å². The van der Waals surface area contributed by atoms with Gasteiger partial charge in [-0.05, 0) is 89.6 Å². The van der Waals surface area contributed by atoms with Crippen LogP contribution in [0.4, 0.5) is 13.2 Å². The molecule has 3 heterocycles. The molecule has 0 radical (unpaired) electrons. The van der Waals surface area contributed by atoms with Crippen LogP contribution in [0, 0.1) is 53.4 Å². The summed E-state index contributed by atoms with van der Waals surface area (Å²) in [5.74, 6) is 7.39. The van der Waals surface area contributed by atoms with Gasteiger partial charge in [0.05, 0.1) is 57.4 Å². The molecule has 0 bridgehead atoms. The summed E-state index contributed by atoms with van der Waals surface area (Å²) in [6, 6.07) is 15.1. The molecule has 6 rings (SSSR count). The summed E-state index contributed by atoms with van der Waals surface area (Å²) in [7, 11) is -2.95. The summed E-state index contributed by atoms with van der Waals surface area (Å²) < 4.78 is 105. The largest absolute Gasteiger partial charge is 0.534 e. The van der Waals surface area contributed by atoms with E-state index in [0.717, 1.165) is 29.7 Å². The van der Waals surface area contributed by atoms with E-state index in [1.807, 2.05) is 32.0 Å². The van der Waals surface area contributed by atoms with Crippen molar-refractivity contribution in [1.29, 1.82) is 0 Å². The smallest absolute Gasteiger partial charge is 0.495 e. The van der Waals surface area contributed by atoms with Gasteiger partial charge in [0.15, 0.2) is 11.5 Å². The second kappa shape index (κ2) is 33.7. The minimum Gasteiger partial charge on any atom is -0.495 e. The van der Waals surface area contributed by atoms with Crippen molar-refractivity contribution in [2.45, 2.75) is 162 Å². The molecule has 3 aromatic rings. The number of aliphatic hydroxyl groups is 4. The van der Waals surface area contributed by atoms with Crippen LogP contribution in [-0.2, 0) is 33.9 Å². The maximum atomic E-state index is 12.7. The van der Waals surface area contributed by atoms with E-state index in [1.54, 1.807) is 31.4 Å². The van der Waals surface area contributed by atoms with Gasteiger partial charge in [0.1, 0.15) is 62.3 Å². The lowest BCUT2D eigenvalue weighted by atomic mass is 9.74. The molecular formula is C57H82F3I3O15SSi. The molecular weight excluding hydrogens is 1420 g/mol. The maximum Gasteiger partial charge on any atom is 0.534 e. The number of benzene rings is 3. The third kappa shape index (κ3) is 19.4. The van der Waals surface area contributed by atoms with Crippen LogP contribution in [0.25, 0.3) is 0 Å². The number of carbonyl (C=O) groups excluding carboxylic acids is 1. The van der Waals surface area contributed by atoms with Crippen LogP contribution in [0.15, 0.2) is 54.6 Å².